The molecule has 2 atom stereocenters. The van der Waals surface area contributed by atoms with Gasteiger partial charge in [0.25, 0.3) is 0 Å². The standard InChI is InChI=1S/C9H12N2/c1-8-10-7-9(11-8)5-3-2-4-6-9/h2-5,7-8,11H,6H2,1H3. The van der Waals surface area contributed by atoms with Crippen molar-refractivity contribution in [2.45, 2.75) is 25.0 Å². The molecule has 58 valence electrons. The van der Waals surface area contributed by atoms with Crippen LogP contribution in [-0.2, 0) is 0 Å². The lowest BCUT2D eigenvalue weighted by Gasteiger charge is -2.24. The molecule has 2 rings (SSSR count). The van der Waals surface area contributed by atoms with Gasteiger partial charge in [0.05, 0.1) is 11.7 Å². The van der Waals surface area contributed by atoms with Crippen LogP contribution in [0.5, 0.6) is 0 Å². The van der Waals surface area contributed by atoms with Crippen molar-refractivity contribution in [3.8, 4) is 0 Å². The van der Waals surface area contributed by atoms with Crippen LogP contribution >= 0.6 is 0 Å². The Labute approximate surface area is 66.7 Å². The Morgan fingerprint density at radius 1 is 1.55 bits per heavy atom. The van der Waals surface area contributed by atoms with Crippen molar-refractivity contribution in [1.82, 2.24) is 5.32 Å². The van der Waals surface area contributed by atoms with Crippen LogP contribution in [0.4, 0.5) is 0 Å². The largest absolute Gasteiger partial charge is 0.282 e. The third kappa shape index (κ3) is 1.14. The molecule has 0 fully saturated rings. The molecule has 1 heterocycles. The van der Waals surface area contributed by atoms with Gasteiger partial charge in [-0.2, -0.15) is 0 Å². The molecule has 2 heteroatoms. The lowest BCUT2D eigenvalue weighted by molar-refractivity contribution is 0.496. The highest BCUT2D eigenvalue weighted by molar-refractivity contribution is 5.76. The second-order valence-electron chi connectivity index (χ2n) is 3.13. The van der Waals surface area contributed by atoms with E-state index in [-0.39, 0.29) is 11.7 Å². The Bertz CT molecular complexity index is 240. The van der Waals surface area contributed by atoms with Gasteiger partial charge in [-0.05, 0) is 13.3 Å². The minimum atomic E-state index is 0.0359. The third-order valence-corrected chi connectivity index (χ3v) is 2.10. The van der Waals surface area contributed by atoms with Gasteiger partial charge in [-0.3, -0.25) is 10.3 Å². The van der Waals surface area contributed by atoms with Crippen molar-refractivity contribution in [2.75, 3.05) is 0 Å². The van der Waals surface area contributed by atoms with Crippen LogP contribution in [0.15, 0.2) is 29.3 Å². The molecule has 1 N–H and O–H groups in total. The van der Waals surface area contributed by atoms with Crippen LogP contribution in [0.3, 0.4) is 0 Å². The molecule has 2 unspecified atom stereocenters. The Hall–Kier alpha value is -0.890. The van der Waals surface area contributed by atoms with E-state index in [0.717, 1.165) is 6.42 Å². The number of rotatable bonds is 0. The van der Waals surface area contributed by atoms with Gasteiger partial charge in [-0.25, -0.2) is 0 Å². The fourth-order valence-electron chi connectivity index (χ4n) is 1.55. The van der Waals surface area contributed by atoms with Gasteiger partial charge in [0.15, 0.2) is 0 Å². The minimum Gasteiger partial charge on any atom is -0.282 e. The summed E-state index contributed by atoms with van der Waals surface area (Å²) < 4.78 is 0. The van der Waals surface area contributed by atoms with Crippen molar-refractivity contribution < 1.29 is 0 Å². The minimum absolute atomic E-state index is 0.0359. The second kappa shape index (κ2) is 2.31. The first-order chi connectivity index (χ1) is 5.31. The molecular formula is C9H12N2. The third-order valence-electron chi connectivity index (χ3n) is 2.10. The van der Waals surface area contributed by atoms with Crippen LogP contribution in [0.25, 0.3) is 0 Å². The SMILES string of the molecule is CC1N=CC2(C=CC=CC2)N1. The first kappa shape index (κ1) is 6.80. The lowest BCUT2D eigenvalue weighted by atomic mass is 9.93. The highest BCUT2D eigenvalue weighted by atomic mass is 15.2. The van der Waals surface area contributed by atoms with E-state index in [9.17, 15) is 0 Å². The maximum atomic E-state index is 4.29. The highest BCUT2D eigenvalue weighted by Gasteiger charge is 2.30. The average molecular weight is 148 g/mol. The zero-order chi connectivity index (χ0) is 7.73. The van der Waals surface area contributed by atoms with Gasteiger partial charge < -0.3 is 0 Å². The molecule has 0 saturated heterocycles. The van der Waals surface area contributed by atoms with Gasteiger partial charge in [0, 0.05) is 6.21 Å². The topological polar surface area (TPSA) is 24.4 Å². The van der Waals surface area contributed by atoms with Crippen molar-refractivity contribution in [1.29, 1.82) is 0 Å². The number of nitrogens with one attached hydrogen (secondary N) is 1. The van der Waals surface area contributed by atoms with Crippen LogP contribution < -0.4 is 5.32 Å². The summed E-state index contributed by atoms with van der Waals surface area (Å²) in [6, 6.07) is 0. The number of hydrogen-bond acceptors (Lipinski definition) is 2. The number of aliphatic imine (C=N–C) groups is 1. The monoisotopic (exact) mass is 148 g/mol. The predicted octanol–water partition coefficient (Wildman–Crippen LogP) is 1.26. The van der Waals surface area contributed by atoms with E-state index in [1.54, 1.807) is 0 Å². The van der Waals surface area contributed by atoms with Crippen molar-refractivity contribution in [3.05, 3.63) is 24.3 Å². The summed E-state index contributed by atoms with van der Waals surface area (Å²) in [7, 11) is 0. The molecule has 1 spiro atoms. The van der Waals surface area contributed by atoms with Gasteiger partial charge in [-0.1, -0.05) is 24.3 Å². The Morgan fingerprint density at radius 2 is 2.45 bits per heavy atom. The maximum Gasteiger partial charge on any atom is 0.0972 e. The Kier molecular flexibility index (Phi) is 1.43. The molecule has 11 heavy (non-hydrogen) atoms. The first-order valence-electron chi connectivity index (χ1n) is 3.97. The quantitative estimate of drug-likeness (QED) is 0.549. The van der Waals surface area contributed by atoms with Gasteiger partial charge >= 0.3 is 0 Å². The summed E-state index contributed by atoms with van der Waals surface area (Å²) in [5, 5.41) is 3.41. The summed E-state index contributed by atoms with van der Waals surface area (Å²) in [4.78, 5) is 4.29. The van der Waals surface area contributed by atoms with Crippen molar-refractivity contribution in [2.24, 2.45) is 4.99 Å². The zero-order valence-corrected chi connectivity index (χ0v) is 6.62. The summed E-state index contributed by atoms with van der Waals surface area (Å²) in [6.07, 6.45) is 11.8. The van der Waals surface area contributed by atoms with Gasteiger partial charge in [0.1, 0.15) is 0 Å². The van der Waals surface area contributed by atoms with E-state index in [1.807, 2.05) is 6.21 Å². The molecule has 0 radical (unpaired) electrons. The molecule has 0 aromatic rings. The molecular weight excluding hydrogens is 136 g/mol. The van der Waals surface area contributed by atoms with E-state index in [1.165, 1.54) is 0 Å². The molecule has 2 aliphatic rings. The molecule has 0 aromatic carbocycles. The van der Waals surface area contributed by atoms with Crippen molar-refractivity contribution >= 4 is 6.21 Å². The predicted molar refractivity (Wildman–Crippen MR) is 46.7 cm³/mol. The molecule has 0 saturated carbocycles. The number of nitrogens with zero attached hydrogens (tertiary/aromatic N) is 1. The number of hydrogen-bond donors (Lipinski definition) is 1. The van der Waals surface area contributed by atoms with Crippen LogP contribution in [0.2, 0.25) is 0 Å². The molecule has 0 aromatic heterocycles. The lowest BCUT2D eigenvalue weighted by Crippen LogP contribution is -2.43. The molecule has 1 aliphatic carbocycles. The molecule has 2 nitrogen and oxygen atoms in total. The summed E-state index contributed by atoms with van der Waals surface area (Å²) >= 11 is 0. The number of allylic oxidation sites excluding steroid dienone is 2. The van der Waals surface area contributed by atoms with Gasteiger partial charge in [-0.15, -0.1) is 0 Å². The Balaban J connectivity index is 2.20. The molecule has 1 aliphatic heterocycles. The van der Waals surface area contributed by atoms with Crippen LogP contribution in [0.1, 0.15) is 13.3 Å². The fraction of sp³-hybridized carbons (Fsp3) is 0.444. The van der Waals surface area contributed by atoms with Crippen LogP contribution in [-0.4, -0.2) is 17.9 Å². The van der Waals surface area contributed by atoms with E-state index in [4.69, 9.17) is 0 Å². The molecule has 0 bridgehead atoms. The normalized spacial score (nSPS) is 40.6. The second-order valence-corrected chi connectivity index (χ2v) is 3.13. The molecule has 0 amide bonds. The van der Waals surface area contributed by atoms with E-state index in [2.05, 4.69) is 41.5 Å². The highest BCUT2D eigenvalue weighted by Crippen LogP contribution is 2.20. The maximum absolute atomic E-state index is 4.29. The summed E-state index contributed by atoms with van der Waals surface area (Å²) in [6.45, 7) is 2.07. The smallest absolute Gasteiger partial charge is 0.0972 e. The van der Waals surface area contributed by atoms with E-state index >= 15 is 0 Å². The van der Waals surface area contributed by atoms with Crippen LogP contribution in [0, 0.1) is 0 Å². The zero-order valence-electron chi connectivity index (χ0n) is 6.62. The Morgan fingerprint density at radius 3 is 3.00 bits per heavy atom. The summed E-state index contributed by atoms with van der Waals surface area (Å²) in [5.74, 6) is 0. The van der Waals surface area contributed by atoms with Crippen molar-refractivity contribution in [3.63, 3.8) is 0 Å². The average Bonchev–Trinajstić information content (AvgIpc) is 2.34. The van der Waals surface area contributed by atoms with E-state index in [0.29, 0.717) is 0 Å². The summed E-state index contributed by atoms with van der Waals surface area (Å²) in [5.41, 5.74) is 0.0359. The van der Waals surface area contributed by atoms with E-state index < -0.39 is 0 Å². The van der Waals surface area contributed by atoms with Gasteiger partial charge in [0.2, 0.25) is 0 Å². The first-order valence-corrected chi connectivity index (χ1v) is 3.97. The fourth-order valence-corrected chi connectivity index (χ4v) is 1.55.